The smallest absolute Gasteiger partial charge is 0.334 e. The number of halogens is 1. The first kappa shape index (κ1) is 15.4. The lowest BCUT2D eigenvalue weighted by Crippen LogP contribution is -2.39. The van der Waals surface area contributed by atoms with Gasteiger partial charge in [0.2, 0.25) is 0 Å². The van der Waals surface area contributed by atoms with Gasteiger partial charge in [-0.25, -0.2) is 13.8 Å². The van der Waals surface area contributed by atoms with Gasteiger partial charge < -0.3 is 5.32 Å². The second kappa shape index (κ2) is 6.05. The summed E-state index contributed by atoms with van der Waals surface area (Å²) in [6.07, 6.45) is 1.22. The Labute approximate surface area is 142 Å². The zero-order valence-electron chi connectivity index (χ0n) is 13.3. The summed E-state index contributed by atoms with van der Waals surface area (Å²) in [4.78, 5) is 28.0. The highest BCUT2D eigenvalue weighted by atomic mass is 19.1. The molecule has 2 aromatic carbocycles. The van der Waals surface area contributed by atoms with Crippen molar-refractivity contribution in [1.82, 2.24) is 9.55 Å². The summed E-state index contributed by atoms with van der Waals surface area (Å²) in [6, 6.07) is 15.0. The molecule has 25 heavy (non-hydrogen) atoms. The van der Waals surface area contributed by atoms with Crippen molar-refractivity contribution in [2.24, 2.45) is 0 Å². The SMILES string of the molecule is O=c1[nH]c2c(c(=O)n1-c1ccccc1)CCC(c1ccc(F)cc1)N2. The van der Waals surface area contributed by atoms with Crippen LogP contribution in [0, 0.1) is 5.82 Å². The Balaban J connectivity index is 1.74. The highest BCUT2D eigenvalue weighted by Crippen LogP contribution is 2.29. The number of rotatable bonds is 2. The second-order valence-corrected chi connectivity index (χ2v) is 6.05. The Morgan fingerprint density at radius 3 is 2.44 bits per heavy atom. The van der Waals surface area contributed by atoms with Gasteiger partial charge in [0.1, 0.15) is 11.6 Å². The van der Waals surface area contributed by atoms with Crippen LogP contribution in [0.1, 0.15) is 23.6 Å². The second-order valence-electron chi connectivity index (χ2n) is 6.05. The van der Waals surface area contributed by atoms with Crippen LogP contribution in [0.25, 0.3) is 5.69 Å². The zero-order valence-corrected chi connectivity index (χ0v) is 13.3. The summed E-state index contributed by atoms with van der Waals surface area (Å²) in [7, 11) is 0. The van der Waals surface area contributed by atoms with Gasteiger partial charge in [-0.05, 0) is 42.7 Å². The van der Waals surface area contributed by atoms with E-state index in [2.05, 4.69) is 10.3 Å². The molecular weight excluding hydrogens is 321 g/mol. The van der Waals surface area contributed by atoms with E-state index < -0.39 is 5.69 Å². The van der Waals surface area contributed by atoms with E-state index in [-0.39, 0.29) is 17.4 Å². The fourth-order valence-electron chi connectivity index (χ4n) is 3.22. The van der Waals surface area contributed by atoms with Crippen LogP contribution in [-0.2, 0) is 6.42 Å². The molecule has 1 aliphatic rings. The third-order valence-corrected chi connectivity index (χ3v) is 4.49. The number of aromatic amines is 1. The van der Waals surface area contributed by atoms with Crippen molar-refractivity contribution in [1.29, 1.82) is 0 Å². The molecule has 0 aliphatic carbocycles. The van der Waals surface area contributed by atoms with Gasteiger partial charge in [-0.15, -0.1) is 0 Å². The van der Waals surface area contributed by atoms with Crippen LogP contribution in [0.3, 0.4) is 0 Å². The fraction of sp³-hybridized carbons (Fsp3) is 0.158. The number of anilines is 1. The molecular formula is C19H16FN3O2. The summed E-state index contributed by atoms with van der Waals surface area (Å²) in [5, 5.41) is 3.20. The van der Waals surface area contributed by atoms with E-state index in [1.807, 2.05) is 6.07 Å². The average Bonchev–Trinajstić information content (AvgIpc) is 2.63. The lowest BCUT2D eigenvalue weighted by molar-refractivity contribution is 0.619. The fourth-order valence-corrected chi connectivity index (χ4v) is 3.22. The van der Waals surface area contributed by atoms with E-state index in [0.29, 0.717) is 29.9 Å². The van der Waals surface area contributed by atoms with E-state index >= 15 is 0 Å². The first-order valence-corrected chi connectivity index (χ1v) is 8.09. The molecule has 5 nitrogen and oxygen atoms in total. The Bertz CT molecular complexity index is 1020. The van der Waals surface area contributed by atoms with Gasteiger partial charge in [0.15, 0.2) is 0 Å². The molecule has 0 amide bonds. The molecule has 0 saturated heterocycles. The summed E-state index contributed by atoms with van der Waals surface area (Å²) < 4.78 is 14.2. The summed E-state index contributed by atoms with van der Waals surface area (Å²) >= 11 is 0. The minimum atomic E-state index is -0.484. The maximum Gasteiger partial charge on any atom is 0.334 e. The average molecular weight is 337 g/mol. The molecule has 0 saturated carbocycles. The summed E-state index contributed by atoms with van der Waals surface area (Å²) in [5.41, 5.74) is 1.22. The number of nitrogens with one attached hydrogen (secondary N) is 2. The normalized spacial score (nSPS) is 16.1. The molecule has 0 fully saturated rings. The Morgan fingerprint density at radius 1 is 1.00 bits per heavy atom. The minimum absolute atomic E-state index is 0.0734. The van der Waals surface area contributed by atoms with Gasteiger partial charge in [-0.3, -0.25) is 9.78 Å². The highest BCUT2D eigenvalue weighted by molar-refractivity contribution is 5.49. The highest BCUT2D eigenvalue weighted by Gasteiger charge is 2.24. The van der Waals surface area contributed by atoms with Crippen LogP contribution < -0.4 is 16.6 Å². The van der Waals surface area contributed by atoms with Gasteiger partial charge in [0.25, 0.3) is 5.56 Å². The van der Waals surface area contributed by atoms with Crippen LogP contribution in [0.5, 0.6) is 0 Å². The molecule has 126 valence electrons. The quantitative estimate of drug-likeness (QED) is 0.756. The van der Waals surface area contributed by atoms with Gasteiger partial charge in [0.05, 0.1) is 17.3 Å². The van der Waals surface area contributed by atoms with E-state index in [1.54, 1.807) is 36.4 Å². The molecule has 6 heteroatoms. The van der Waals surface area contributed by atoms with Crippen LogP contribution in [-0.4, -0.2) is 9.55 Å². The first-order chi connectivity index (χ1) is 12.1. The number of fused-ring (bicyclic) bond motifs is 1. The van der Waals surface area contributed by atoms with Crippen LogP contribution >= 0.6 is 0 Å². The molecule has 0 bridgehead atoms. The van der Waals surface area contributed by atoms with E-state index in [9.17, 15) is 14.0 Å². The number of H-pyrrole nitrogens is 1. The predicted molar refractivity (Wildman–Crippen MR) is 93.7 cm³/mol. The molecule has 1 unspecified atom stereocenters. The maximum absolute atomic E-state index is 13.1. The number of benzene rings is 2. The molecule has 1 aliphatic heterocycles. The van der Waals surface area contributed by atoms with Crippen molar-refractivity contribution in [2.75, 3.05) is 5.32 Å². The molecule has 2 heterocycles. The standard InChI is InChI=1S/C19H16FN3O2/c20-13-8-6-12(7-9-13)16-11-10-15-17(21-16)22-19(25)23(18(15)24)14-4-2-1-3-5-14/h1-9,16,21H,10-11H2,(H,22,25). The Kier molecular flexibility index (Phi) is 3.72. The Hall–Kier alpha value is -3.15. The minimum Gasteiger partial charge on any atom is -0.364 e. The third-order valence-electron chi connectivity index (χ3n) is 4.49. The van der Waals surface area contributed by atoms with E-state index in [1.165, 1.54) is 12.1 Å². The van der Waals surface area contributed by atoms with Crippen molar-refractivity contribution >= 4 is 5.82 Å². The summed E-state index contributed by atoms with van der Waals surface area (Å²) in [5.74, 6) is 0.155. The van der Waals surface area contributed by atoms with E-state index in [0.717, 1.165) is 10.1 Å². The molecule has 1 atom stereocenters. The van der Waals surface area contributed by atoms with Crippen LogP contribution in [0.2, 0.25) is 0 Å². The molecule has 0 spiro atoms. The largest absolute Gasteiger partial charge is 0.364 e. The first-order valence-electron chi connectivity index (χ1n) is 8.09. The van der Waals surface area contributed by atoms with Crippen molar-refractivity contribution < 1.29 is 4.39 Å². The van der Waals surface area contributed by atoms with Crippen molar-refractivity contribution in [3.05, 3.63) is 92.4 Å². The topological polar surface area (TPSA) is 66.9 Å². The van der Waals surface area contributed by atoms with Crippen LogP contribution in [0.4, 0.5) is 10.2 Å². The monoisotopic (exact) mass is 337 g/mol. The van der Waals surface area contributed by atoms with Gasteiger partial charge in [-0.1, -0.05) is 30.3 Å². The lowest BCUT2D eigenvalue weighted by atomic mass is 9.96. The van der Waals surface area contributed by atoms with Gasteiger partial charge in [0, 0.05) is 0 Å². The zero-order chi connectivity index (χ0) is 17.4. The molecule has 2 N–H and O–H groups in total. The third kappa shape index (κ3) is 2.76. The van der Waals surface area contributed by atoms with Crippen LogP contribution in [0.15, 0.2) is 64.2 Å². The molecule has 3 aromatic rings. The number of para-hydroxylation sites is 1. The molecule has 0 radical (unpaired) electrons. The lowest BCUT2D eigenvalue weighted by Gasteiger charge is -2.27. The summed E-state index contributed by atoms with van der Waals surface area (Å²) in [6.45, 7) is 0. The molecule has 1 aromatic heterocycles. The maximum atomic E-state index is 13.1. The number of hydrogen-bond donors (Lipinski definition) is 2. The van der Waals surface area contributed by atoms with Crippen molar-refractivity contribution in [2.45, 2.75) is 18.9 Å². The van der Waals surface area contributed by atoms with Crippen molar-refractivity contribution in [3.63, 3.8) is 0 Å². The number of nitrogens with zero attached hydrogens (tertiary/aromatic N) is 1. The number of hydrogen-bond acceptors (Lipinski definition) is 3. The number of aromatic nitrogens is 2. The van der Waals surface area contributed by atoms with E-state index in [4.69, 9.17) is 0 Å². The van der Waals surface area contributed by atoms with Gasteiger partial charge >= 0.3 is 5.69 Å². The van der Waals surface area contributed by atoms with Gasteiger partial charge in [-0.2, -0.15) is 0 Å². The predicted octanol–water partition coefficient (Wildman–Crippen LogP) is 2.76. The Morgan fingerprint density at radius 2 is 1.72 bits per heavy atom. The van der Waals surface area contributed by atoms with Crippen molar-refractivity contribution in [3.8, 4) is 5.69 Å². The molecule has 4 rings (SSSR count).